The van der Waals surface area contributed by atoms with Crippen molar-refractivity contribution in [3.05, 3.63) is 16.6 Å². The van der Waals surface area contributed by atoms with E-state index in [0.29, 0.717) is 38.2 Å². The molecule has 2 aliphatic rings. The van der Waals surface area contributed by atoms with E-state index >= 15 is 0 Å². The molecule has 0 radical (unpaired) electrons. The predicted octanol–water partition coefficient (Wildman–Crippen LogP) is 1.68. The van der Waals surface area contributed by atoms with Gasteiger partial charge in [-0.1, -0.05) is 0 Å². The average molecular weight is 296 g/mol. The van der Waals surface area contributed by atoms with Gasteiger partial charge in [0.15, 0.2) is 0 Å². The highest BCUT2D eigenvalue weighted by atomic mass is 32.1. The molecule has 20 heavy (non-hydrogen) atoms. The monoisotopic (exact) mass is 296 g/mol. The molecule has 5 nitrogen and oxygen atoms in total. The van der Waals surface area contributed by atoms with Gasteiger partial charge in [0.1, 0.15) is 5.69 Å². The Kier molecular flexibility index (Phi) is 3.56. The van der Waals surface area contributed by atoms with Crippen LogP contribution in [0.3, 0.4) is 0 Å². The van der Waals surface area contributed by atoms with Crippen LogP contribution in [0.2, 0.25) is 0 Å². The number of aromatic nitrogens is 1. The van der Waals surface area contributed by atoms with Gasteiger partial charge in [-0.05, 0) is 26.2 Å². The van der Waals surface area contributed by atoms with Gasteiger partial charge in [-0.2, -0.15) is 0 Å². The zero-order chi connectivity index (χ0) is 14.2. The first-order valence-electron chi connectivity index (χ1n) is 7.04. The van der Waals surface area contributed by atoms with E-state index in [1.807, 2.05) is 11.8 Å². The zero-order valence-electron chi connectivity index (χ0n) is 11.7. The molecule has 3 rings (SSSR count). The molecule has 0 aromatic carbocycles. The first-order chi connectivity index (χ1) is 9.50. The number of thiazole rings is 1. The summed E-state index contributed by atoms with van der Waals surface area (Å²) >= 11 is 1.44. The van der Waals surface area contributed by atoms with E-state index in [0.717, 1.165) is 12.8 Å². The minimum atomic E-state index is -0.640. The highest BCUT2D eigenvalue weighted by Gasteiger charge is 2.45. The standard InChI is InChI=1S/C14H20N2O3S/c1-13(18)4-7-19-14(9-13)2-5-16(6-3-14)12(17)11-8-20-10-15-11/h8,10,18H,2-7,9H2,1H3. The number of piperidine rings is 1. The smallest absolute Gasteiger partial charge is 0.273 e. The van der Waals surface area contributed by atoms with E-state index in [4.69, 9.17) is 4.74 Å². The molecule has 1 N–H and O–H groups in total. The molecule has 0 aliphatic carbocycles. The van der Waals surface area contributed by atoms with Crippen LogP contribution in [0, 0.1) is 0 Å². The SMILES string of the molecule is CC1(O)CCOC2(CCN(C(=O)c3cscn3)CC2)C1. The number of carbonyl (C=O) groups excluding carboxylic acids is 1. The number of aliphatic hydroxyl groups is 1. The van der Waals surface area contributed by atoms with E-state index < -0.39 is 5.60 Å². The van der Waals surface area contributed by atoms with Crippen molar-refractivity contribution in [2.75, 3.05) is 19.7 Å². The second-order valence-corrected chi connectivity index (χ2v) is 6.84. The lowest BCUT2D eigenvalue weighted by Gasteiger charge is -2.48. The van der Waals surface area contributed by atoms with Gasteiger partial charge in [0.05, 0.1) is 23.3 Å². The maximum absolute atomic E-state index is 12.2. The summed E-state index contributed by atoms with van der Waals surface area (Å²) in [6.45, 7) is 3.83. The van der Waals surface area contributed by atoms with Crippen LogP contribution in [0.4, 0.5) is 0 Å². The summed E-state index contributed by atoms with van der Waals surface area (Å²) in [5.74, 6) is 0.00340. The van der Waals surface area contributed by atoms with Gasteiger partial charge in [-0.15, -0.1) is 11.3 Å². The molecule has 1 spiro atoms. The Morgan fingerprint density at radius 3 is 2.80 bits per heavy atom. The van der Waals surface area contributed by atoms with Crippen LogP contribution in [0.1, 0.15) is 43.1 Å². The molecule has 0 saturated carbocycles. The fourth-order valence-electron chi connectivity index (χ4n) is 3.24. The Labute approximate surface area is 122 Å². The van der Waals surface area contributed by atoms with Crippen LogP contribution < -0.4 is 0 Å². The molecule has 3 heterocycles. The molecular weight excluding hydrogens is 276 g/mol. The highest BCUT2D eigenvalue weighted by molar-refractivity contribution is 7.07. The molecule has 2 fully saturated rings. The molecule has 1 aromatic heterocycles. The number of amides is 1. The van der Waals surface area contributed by atoms with Crippen LogP contribution in [0.5, 0.6) is 0 Å². The maximum atomic E-state index is 12.2. The summed E-state index contributed by atoms with van der Waals surface area (Å²) in [5.41, 5.74) is 1.32. The molecular formula is C14H20N2O3S. The van der Waals surface area contributed by atoms with Gasteiger partial charge < -0.3 is 14.7 Å². The lowest BCUT2D eigenvalue weighted by Crippen LogP contribution is -2.54. The van der Waals surface area contributed by atoms with Crippen molar-refractivity contribution in [2.24, 2.45) is 0 Å². The van der Waals surface area contributed by atoms with Crippen molar-refractivity contribution in [3.8, 4) is 0 Å². The minimum absolute atomic E-state index is 0.00340. The molecule has 1 atom stereocenters. The molecule has 6 heteroatoms. The maximum Gasteiger partial charge on any atom is 0.273 e. The quantitative estimate of drug-likeness (QED) is 0.856. The van der Waals surface area contributed by atoms with Gasteiger partial charge in [-0.3, -0.25) is 4.79 Å². The number of hydrogen-bond acceptors (Lipinski definition) is 5. The molecule has 1 unspecified atom stereocenters. The Hall–Kier alpha value is -0.980. The Morgan fingerprint density at radius 1 is 1.45 bits per heavy atom. The van der Waals surface area contributed by atoms with Gasteiger partial charge >= 0.3 is 0 Å². The van der Waals surface area contributed by atoms with E-state index in [1.54, 1.807) is 10.9 Å². The minimum Gasteiger partial charge on any atom is -0.390 e. The number of likely N-dealkylation sites (tertiary alicyclic amines) is 1. The molecule has 0 bridgehead atoms. The first kappa shape index (κ1) is 14.0. The number of rotatable bonds is 1. The van der Waals surface area contributed by atoms with Crippen LogP contribution in [0.15, 0.2) is 10.9 Å². The molecule has 1 amide bonds. The van der Waals surface area contributed by atoms with Crippen molar-refractivity contribution in [1.29, 1.82) is 0 Å². The van der Waals surface area contributed by atoms with Gasteiger partial charge in [-0.25, -0.2) is 4.98 Å². The van der Waals surface area contributed by atoms with Gasteiger partial charge in [0.2, 0.25) is 0 Å². The second kappa shape index (κ2) is 5.09. The normalized spacial score (nSPS) is 29.6. The van der Waals surface area contributed by atoms with Crippen molar-refractivity contribution in [1.82, 2.24) is 9.88 Å². The van der Waals surface area contributed by atoms with Crippen molar-refractivity contribution < 1.29 is 14.6 Å². The predicted molar refractivity (Wildman–Crippen MR) is 75.8 cm³/mol. The second-order valence-electron chi connectivity index (χ2n) is 6.12. The largest absolute Gasteiger partial charge is 0.390 e. The number of ether oxygens (including phenoxy) is 1. The summed E-state index contributed by atoms with van der Waals surface area (Å²) in [5, 5.41) is 12.0. The zero-order valence-corrected chi connectivity index (χ0v) is 12.5. The number of carbonyl (C=O) groups is 1. The fourth-order valence-corrected chi connectivity index (χ4v) is 3.77. The number of hydrogen-bond donors (Lipinski definition) is 1. The Morgan fingerprint density at radius 2 is 2.20 bits per heavy atom. The Bertz CT molecular complexity index is 479. The summed E-state index contributed by atoms with van der Waals surface area (Å²) in [7, 11) is 0. The fraction of sp³-hybridized carbons (Fsp3) is 0.714. The van der Waals surface area contributed by atoms with Crippen molar-refractivity contribution in [3.63, 3.8) is 0 Å². The van der Waals surface area contributed by atoms with Gasteiger partial charge in [0, 0.05) is 24.9 Å². The van der Waals surface area contributed by atoms with Crippen LogP contribution in [0.25, 0.3) is 0 Å². The lowest BCUT2D eigenvalue weighted by atomic mass is 9.78. The summed E-state index contributed by atoms with van der Waals surface area (Å²) < 4.78 is 5.95. The summed E-state index contributed by atoms with van der Waals surface area (Å²) in [6.07, 6.45) is 2.94. The number of nitrogens with zero attached hydrogens (tertiary/aromatic N) is 2. The third-order valence-electron chi connectivity index (χ3n) is 4.37. The topological polar surface area (TPSA) is 62.7 Å². The van der Waals surface area contributed by atoms with Gasteiger partial charge in [0.25, 0.3) is 5.91 Å². The summed E-state index contributed by atoms with van der Waals surface area (Å²) in [4.78, 5) is 18.2. The van der Waals surface area contributed by atoms with Crippen LogP contribution in [-0.2, 0) is 4.74 Å². The van der Waals surface area contributed by atoms with Crippen molar-refractivity contribution in [2.45, 2.75) is 43.8 Å². The van der Waals surface area contributed by atoms with Crippen LogP contribution >= 0.6 is 11.3 Å². The highest BCUT2D eigenvalue weighted by Crippen LogP contribution is 2.39. The molecule has 2 saturated heterocycles. The van der Waals surface area contributed by atoms with E-state index in [-0.39, 0.29) is 11.5 Å². The molecule has 1 aromatic rings. The van der Waals surface area contributed by atoms with Crippen molar-refractivity contribution >= 4 is 17.2 Å². The third-order valence-corrected chi connectivity index (χ3v) is 4.95. The summed E-state index contributed by atoms with van der Waals surface area (Å²) in [6, 6.07) is 0. The van der Waals surface area contributed by atoms with E-state index in [1.165, 1.54) is 11.3 Å². The Balaban J connectivity index is 1.63. The molecule has 2 aliphatic heterocycles. The molecule has 110 valence electrons. The van der Waals surface area contributed by atoms with Crippen LogP contribution in [-0.4, -0.2) is 51.8 Å². The van der Waals surface area contributed by atoms with E-state index in [9.17, 15) is 9.90 Å². The lowest BCUT2D eigenvalue weighted by molar-refractivity contribution is -0.170. The average Bonchev–Trinajstić information content (AvgIpc) is 2.91. The van der Waals surface area contributed by atoms with E-state index in [2.05, 4.69) is 4.98 Å². The first-order valence-corrected chi connectivity index (χ1v) is 7.98. The third kappa shape index (κ3) is 2.73.